The van der Waals surface area contributed by atoms with Gasteiger partial charge in [0.2, 0.25) is 0 Å². The van der Waals surface area contributed by atoms with Gasteiger partial charge in [0.15, 0.2) is 5.92 Å². The summed E-state index contributed by atoms with van der Waals surface area (Å²) in [5, 5.41) is 0. The fraction of sp³-hybridized carbons (Fsp3) is 0.692. The Hall–Kier alpha value is -1.32. The van der Waals surface area contributed by atoms with E-state index in [-0.39, 0.29) is 0 Å². The highest BCUT2D eigenvalue weighted by molar-refractivity contribution is 5.94. The Morgan fingerprint density at radius 2 is 1.71 bits per heavy atom. The molecular formula is C13H22O4. The monoisotopic (exact) mass is 242 g/mol. The van der Waals surface area contributed by atoms with Gasteiger partial charge in [0.05, 0.1) is 14.2 Å². The highest BCUT2D eigenvalue weighted by Crippen LogP contribution is 2.13. The SMILES string of the molecule is CC/C(C)=C/CCCC(C(=O)OC)C(=O)OC. The molecule has 0 unspecified atom stereocenters. The van der Waals surface area contributed by atoms with Crippen LogP contribution in [-0.2, 0) is 19.1 Å². The van der Waals surface area contributed by atoms with Gasteiger partial charge in [-0.15, -0.1) is 0 Å². The van der Waals surface area contributed by atoms with Crippen LogP contribution in [0.1, 0.15) is 39.5 Å². The second-order valence-corrected chi connectivity index (χ2v) is 3.93. The molecule has 0 spiro atoms. The first kappa shape index (κ1) is 15.7. The number of allylic oxidation sites excluding steroid dienone is 2. The standard InChI is InChI=1S/C13H22O4/c1-5-10(2)8-6-7-9-11(12(14)16-3)13(15)17-4/h8,11H,5-7,9H2,1-4H3/b10-8+. The lowest BCUT2D eigenvalue weighted by molar-refractivity contribution is -0.159. The first-order valence-electron chi connectivity index (χ1n) is 5.88. The van der Waals surface area contributed by atoms with Crippen molar-refractivity contribution in [2.75, 3.05) is 14.2 Å². The second-order valence-electron chi connectivity index (χ2n) is 3.93. The van der Waals surface area contributed by atoms with E-state index in [2.05, 4.69) is 29.4 Å². The molecule has 0 atom stereocenters. The number of esters is 2. The van der Waals surface area contributed by atoms with Gasteiger partial charge in [0.1, 0.15) is 0 Å². The van der Waals surface area contributed by atoms with E-state index in [1.165, 1.54) is 19.8 Å². The molecule has 0 aromatic heterocycles. The Morgan fingerprint density at radius 1 is 1.18 bits per heavy atom. The van der Waals surface area contributed by atoms with Crippen LogP contribution in [-0.4, -0.2) is 26.2 Å². The van der Waals surface area contributed by atoms with Gasteiger partial charge in [0.25, 0.3) is 0 Å². The molecule has 0 radical (unpaired) electrons. The Bertz CT molecular complexity index is 265. The van der Waals surface area contributed by atoms with Crippen molar-refractivity contribution in [3.05, 3.63) is 11.6 Å². The number of carbonyl (C=O) groups excluding carboxylic acids is 2. The van der Waals surface area contributed by atoms with Gasteiger partial charge in [-0.3, -0.25) is 9.59 Å². The minimum absolute atomic E-state index is 0.465. The predicted molar refractivity (Wildman–Crippen MR) is 65.4 cm³/mol. The van der Waals surface area contributed by atoms with Crippen LogP contribution in [0.2, 0.25) is 0 Å². The zero-order valence-corrected chi connectivity index (χ0v) is 11.1. The molecule has 98 valence electrons. The minimum atomic E-state index is -0.791. The molecule has 0 heterocycles. The molecule has 4 heteroatoms. The van der Waals surface area contributed by atoms with Crippen molar-refractivity contribution in [3.8, 4) is 0 Å². The fourth-order valence-electron chi connectivity index (χ4n) is 1.43. The van der Waals surface area contributed by atoms with E-state index in [0.29, 0.717) is 6.42 Å². The number of hydrogen-bond donors (Lipinski definition) is 0. The molecule has 0 saturated carbocycles. The van der Waals surface area contributed by atoms with Crippen LogP contribution in [0.25, 0.3) is 0 Å². The summed E-state index contributed by atoms with van der Waals surface area (Å²) in [4.78, 5) is 22.7. The topological polar surface area (TPSA) is 52.6 Å². The summed E-state index contributed by atoms with van der Waals surface area (Å²) >= 11 is 0. The average Bonchev–Trinajstić information content (AvgIpc) is 2.36. The summed E-state index contributed by atoms with van der Waals surface area (Å²) in [6, 6.07) is 0. The summed E-state index contributed by atoms with van der Waals surface area (Å²) in [6.45, 7) is 4.16. The largest absolute Gasteiger partial charge is 0.468 e. The van der Waals surface area contributed by atoms with Crippen LogP contribution in [0.15, 0.2) is 11.6 Å². The maximum atomic E-state index is 11.4. The minimum Gasteiger partial charge on any atom is -0.468 e. The van der Waals surface area contributed by atoms with E-state index < -0.39 is 17.9 Å². The molecule has 4 nitrogen and oxygen atoms in total. The van der Waals surface area contributed by atoms with Crippen molar-refractivity contribution < 1.29 is 19.1 Å². The molecule has 0 rings (SSSR count). The number of rotatable bonds is 7. The van der Waals surface area contributed by atoms with E-state index >= 15 is 0 Å². The molecule has 0 bridgehead atoms. The van der Waals surface area contributed by atoms with Crippen LogP contribution >= 0.6 is 0 Å². The van der Waals surface area contributed by atoms with Gasteiger partial charge < -0.3 is 9.47 Å². The molecule has 0 aliphatic carbocycles. The van der Waals surface area contributed by atoms with Gasteiger partial charge in [-0.05, 0) is 32.6 Å². The zero-order valence-electron chi connectivity index (χ0n) is 11.1. The number of carbonyl (C=O) groups is 2. The summed E-state index contributed by atoms with van der Waals surface area (Å²) in [6.07, 6.45) is 5.26. The highest BCUT2D eigenvalue weighted by Gasteiger charge is 2.27. The van der Waals surface area contributed by atoms with Crippen LogP contribution in [0, 0.1) is 5.92 Å². The zero-order chi connectivity index (χ0) is 13.3. The maximum Gasteiger partial charge on any atom is 0.320 e. The number of hydrogen-bond acceptors (Lipinski definition) is 4. The Balaban J connectivity index is 4.18. The van der Waals surface area contributed by atoms with Crippen molar-refractivity contribution in [2.24, 2.45) is 5.92 Å². The predicted octanol–water partition coefficient (Wildman–Crippen LogP) is 2.48. The number of methoxy groups -OCH3 is 2. The molecule has 0 N–H and O–H groups in total. The van der Waals surface area contributed by atoms with Crippen LogP contribution in [0.3, 0.4) is 0 Å². The summed E-state index contributed by atoms with van der Waals surface area (Å²) in [5.74, 6) is -1.83. The van der Waals surface area contributed by atoms with E-state index in [0.717, 1.165) is 19.3 Å². The second kappa shape index (κ2) is 8.79. The molecule has 0 aliphatic heterocycles. The van der Waals surface area contributed by atoms with E-state index in [1.54, 1.807) is 0 Å². The lowest BCUT2D eigenvalue weighted by Gasteiger charge is -2.11. The molecule has 0 amide bonds. The lowest BCUT2D eigenvalue weighted by atomic mass is 10.0. The van der Waals surface area contributed by atoms with Crippen LogP contribution < -0.4 is 0 Å². The molecule has 0 aromatic carbocycles. The third-order valence-corrected chi connectivity index (χ3v) is 2.72. The molecule has 0 fully saturated rings. The molecule has 0 aliphatic rings. The van der Waals surface area contributed by atoms with Crippen molar-refractivity contribution >= 4 is 11.9 Å². The van der Waals surface area contributed by atoms with E-state index in [9.17, 15) is 9.59 Å². The van der Waals surface area contributed by atoms with E-state index in [1.807, 2.05) is 0 Å². The fourth-order valence-corrected chi connectivity index (χ4v) is 1.43. The average molecular weight is 242 g/mol. The number of unbranched alkanes of at least 4 members (excludes halogenated alkanes) is 1. The lowest BCUT2D eigenvalue weighted by Crippen LogP contribution is -2.26. The molecule has 0 saturated heterocycles. The van der Waals surface area contributed by atoms with Crippen LogP contribution in [0.5, 0.6) is 0 Å². The normalized spacial score (nSPS) is 11.5. The maximum absolute atomic E-state index is 11.4. The van der Waals surface area contributed by atoms with Crippen molar-refractivity contribution in [2.45, 2.75) is 39.5 Å². The Kier molecular flexibility index (Phi) is 8.11. The molecular weight excluding hydrogens is 220 g/mol. The van der Waals surface area contributed by atoms with Gasteiger partial charge in [0, 0.05) is 0 Å². The Morgan fingerprint density at radius 3 is 2.12 bits per heavy atom. The van der Waals surface area contributed by atoms with E-state index in [4.69, 9.17) is 0 Å². The Labute approximate surface area is 103 Å². The first-order chi connectivity index (χ1) is 8.06. The first-order valence-corrected chi connectivity index (χ1v) is 5.88. The summed E-state index contributed by atoms with van der Waals surface area (Å²) < 4.78 is 9.16. The quantitative estimate of drug-likeness (QED) is 0.298. The third kappa shape index (κ3) is 6.09. The summed E-state index contributed by atoms with van der Waals surface area (Å²) in [5.41, 5.74) is 1.32. The van der Waals surface area contributed by atoms with Crippen molar-refractivity contribution in [1.29, 1.82) is 0 Å². The number of ether oxygens (including phenoxy) is 2. The van der Waals surface area contributed by atoms with Gasteiger partial charge in [-0.1, -0.05) is 18.6 Å². The van der Waals surface area contributed by atoms with Crippen molar-refractivity contribution in [3.63, 3.8) is 0 Å². The smallest absolute Gasteiger partial charge is 0.320 e. The van der Waals surface area contributed by atoms with Gasteiger partial charge >= 0.3 is 11.9 Å². The van der Waals surface area contributed by atoms with Crippen molar-refractivity contribution in [1.82, 2.24) is 0 Å². The van der Waals surface area contributed by atoms with Gasteiger partial charge in [-0.25, -0.2) is 0 Å². The van der Waals surface area contributed by atoms with Gasteiger partial charge in [-0.2, -0.15) is 0 Å². The van der Waals surface area contributed by atoms with Crippen LogP contribution in [0.4, 0.5) is 0 Å². The molecule has 17 heavy (non-hydrogen) atoms. The third-order valence-electron chi connectivity index (χ3n) is 2.72. The molecule has 0 aromatic rings. The highest BCUT2D eigenvalue weighted by atomic mass is 16.5. The summed E-state index contributed by atoms with van der Waals surface area (Å²) in [7, 11) is 2.55.